The number of aromatic nitrogens is 3. The Morgan fingerprint density at radius 2 is 1.74 bits per heavy atom. The first-order chi connectivity index (χ1) is 18.7. The van der Waals surface area contributed by atoms with Gasteiger partial charge >= 0.3 is 11.7 Å². The molecule has 0 saturated carbocycles. The predicted octanol–water partition coefficient (Wildman–Crippen LogP) is 5.42. The number of hydrogen-bond donors (Lipinski definition) is 1. The van der Waals surface area contributed by atoms with E-state index >= 15 is 0 Å². The maximum absolute atomic E-state index is 14.0. The minimum Gasteiger partial charge on any atom is -0.480 e. The maximum Gasteiger partial charge on any atom is 0.333 e. The highest BCUT2D eigenvalue weighted by molar-refractivity contribution is 7.22. The van der Waals surface area contributed by atoms with E-state index in [4.69, 9.17) is 4.42 Å². The zero-order valence-corrected chi connectivity index (χ0v) is 22.8. The number of carboxylic acids is 1. The van der Waals surface area contributed by atoms with Crippen LogP contribution in [0.15, 0.2) is 87.1 Å². The van der Waals surface area contributed by atoms with Gasteiger partial charge < -0.3 is 9.52 Å². The molecule has 3 heterocycles. The van der Waals surface area contributed by atoms with Gasteiger partial charge in [0.2, 0.25) is 5.89 Å². The number of rotatable bonds is 9. The molecule has 0 amide bonds. The van der Waals surface area contributed by atoms with Crippen LogP contribution in [-0.2, 0) is 23.3 Å². The Bertz CT molecular complexity index is 1730. The van der Waals surface area contributed by atoms with Crippen LogP contribution in [0.4, 0.5) is 0 Å². The molecule has 0 bridgehead atoms. The lowest BCUT2D eigenvalue weighted by molar-refractivity contribution is -0.146. The lowest BCUT2D eigenvalue weighted by Crippen LogP contribution is -2.52. The van der Waals surface area contributed by atoms with Crippen molar-refractivity contribution in [1.29, 1.82) is 0 Å². The molecule has 0 aliphatic carbocycles. The molecule has 3 aromatic heterocycles. The molecule has 9 heteroatoms. The van der Waals surface area contributed by atoms with Crippen LogP contribution in [-0.4, -0.2) is 25.2 Å². The molecule has 1 N–H and O–H groups in total. The van der Waals surface area contributed by atoms with E-state index in [0.29, 0.717) is 26.5 Å². The van der Waals surface area contributed by atoms with Crippen LogP contribution in [0.1, 0.15) is 42.9 Å². The van der Waals surface area contributed by atoms with E-state index in [0.717, 1.165) is 23.0 Å². The van der Waals surface area contributed by atoms with Gasteiger partial charge in [0.15, 0.2) is 0 Å². The predicted molar refractivity (Wildman–Crippen MR) is 151 cm³/mol. The summed E-state index contributed by atoms with van der Waals surface area (Å²) >= 11 is 1.26. The zero-order chi connectivity index (χ0) is 27.7. The number of thiophene rings is 1. The van der Waals surface area contributed by atoms with Crippen LogP contribution >= 0.6 is 11.3 Å². The average Bonchev–Trinajstić information content (AvgIpc) is 3.57. The van der Waals surface area contributed by atoms with Gasteiger partial charge in [-0.1, -0.05) is 60.7 Å². The molecular weight excluding hydrogens is 514 g/mol. The summed E-state index contributed by atoms with van der Waals surface area (Å²) < 4.78 is 7.96. The van der Waals surface area contributed by atoms with E-state index in [1.807, 2.05) is 48.5 Å². The van der Waals surface area contributed by atoms with Crippen molar-refractivity contribution in [3.05, 3.63) is 111 Å². The van der Waals surface area contributed by atoms with E-state index in [1.165, 1.54) is 43.2 Å². The Hall–Kier alpha value is -4.24. The fourth-order valence-corrected chi connectivity index (χ4v) is 6.17. The van der Waals surface area contributed by atoms with Crippen molar-refractivity contribution >= 4 is 27.5 Å². The number of hydrogen-bond acceptors (Lipinski definition) is 6. The number of benzene rings is 2. The highest BCUT2D eigenvalue weighted by Crippen LogP contribution is 2.36. The molecule has 39 heavy (non-hydrogen) atoms. The molecule has 8 nitrogen and oxygen atoms in total. The second-order valence-electron chi connectivity index (χ2n) is 10.1. The van der Waals surface area contributed by atoms with Crippen molar-refractivity contribution in [2.24, 2.45) is 0 Å². The van der Waals surface area contributed by atoms with Gasteiger partial charge in [-0.05, 0) is 50.3 Å². The molecule has 5 rings (SSSR count). The van der Waals surface area contributed by atoms with E-state index in [1.54, 1.807) is 11.5 Å². The standard InChI is InChI=1S/C30H29N3O5S/c1-19-23-26(34)33(30(2,3)28(35)36)29(37)32(27(23)39-24(19)25-31-16-17-38-25)18-22(21-12-8-5-9-13-21)15-14-20-10-6-4-7-11-20/h4-13,16-17,22H,14-15,18H2,1-3H3,(H,35,36)/t22-/m0/s1. The fraction of sp³-hybridized carbons (Fsp3) is 0.267. The summed E-state index contributed by atoms with van der Waals surface area (Å²) in [7, 11) is 0. The van der Waals surface area contributed by atoms with E-state index in [-0.39, 0.29) is 12.5 Å². The number of oxazole rings is 1. The van der Waals surface area contributed by atoms with Gasteiger partial charge in [-0.25, -0.2) is 19.1 Å². The van der Waals surface area contributed by atoms with Gasteiger partial charge in [0.1, 0.15) is 16.6 Å². The second kappa shape index (κ2) is 10.5. The largest absolute Gasteiger partial charge is 0.480 e. The molecule has 0 aliphatic rings. The summed E-state index contributed by atoms with van der Waals surface area (Å²) in [5.74, 6) is -0.990. The smallest absolute Gasteiger partial charge is 0.333 e. The van der Waals surface area contributed by atoms with Crippen molar-refractivity contribution in [2.75, 3.05) is 0 Å². The normalized spacial score (nSPS) is 12.6. The molecule has 0 radical (unpaired) electrons. The highest BCUT2D eigenvalue weighted by atomic mass is 32.1. The van der Waals surface area contributed by atoms with Crippen molar-refractivity contribution in [3.8, 4) is 10.8 Å². The summed E-state index contributed by atoms with van der Waals surface area (Å²) in [6.07, 6.45) is 4.52. The summed E-state index contributed by atoms with van der Waals surface area (Å²) in [6.45, 7) is 4.79. The molecule has 1 atom stereocenters. The fourth-order valence-electron chi connectivity index (χ4n) is 4.93. The first-order valence-corrected chi connectivity index (χ1v) is 13.5. The minimum absolute atomic E-state index is 0.0706. The average molecular weight is 544 g/mol. The number of aryl methyl sites for hydroxylation is 2. The molecule has 0 aliphatic heterocycles. The lowest BCUT2D eigenvalue weighted by atomic mass is 9.92. The maximum atomic E-state index is 14.0. The van der Waals surface area contributed by atoms with Crippen LogP contribution in [0.2, 0.25) is 0 Å². The third-order valence-electron chi connectivity index (χ3n) is 7.22. The van der Waals surface area contributed by atoms with Crippen LogP contribution in [0, 0.1) is 6.92 Å². The lowest BCUT2D eigenvalue weighted by Gasteiger charge is -2.25. The number of aliphatic carboxylic acids is 1. The summed E-state index contributed by atoms with van der Waals surface area (Å²) in [5, 5.41) is 10.3. The third-order valence-corrected chi connectivity index (χ3v) is 8.52. The minimum atomic E-state index is -1.76. The van der Waals surface area contributed by atoms with Gasteiger partial charge in [0, 0.05) is 12.5 Å². The van der Waals surface area contributed by atoms with Crippen molar-refractivity contribution in [2.45, 2.75) is 51.6 Å². The van der Waals surface area contributed by atoms with Crippen molar-refractivity contribution in [3.63, 3.8) is 0 Å². The summed E-state index contributed by atoms with van der Waals surface area (Å²) in [6, 6.07) is 20.1. The molecule has 2 aromatic carbocycles. The van der Waals surface area contributed by atoms with E-state index < -0.39 is 22.8 Å². The number of carbonyl (C=O) groups is 1. The van der Waals surface area contributed by atoms with Crippen LogP contribution in [0.25, 0.3) is 21.0 Å². The van der Waals surface area contributed by atoms with E-state index in [9.17, 15) is 19.5 Å². The SMILES string of the molecule is Cc1c(-c2ncco2)sc2c1c(=O)n(C(C)(C)C(=O)O)c(=O)n2C[C@H](CCc1ccccc1)c1ccccc1. The van der Waals surface area contributed by atoms with Gasteiger partial charge in [-0.15, -0.1) is 11.3 Å². The first kappa shape index (κ1) is 26.4. The van der Waals surface area contributed by atoms with Gasteiger partial charge in [0.05, 0.1) is 16.5 Å². The molecule has 5 aromatic rings. The Balaban J connectivity index is 1.72. The quantitative estimate of drug-likeness (QED) is 0.266. The molecule has 0 unspecified atom stereocenters. The Morgan fingerprint density at radius 3 is 2.36 bits per heavy atom. The van der Waals surface area contributed by atoms with Crippen LogP contribution in [0.3, 0.4) is 0 Å². The second-order valence-corrected chi connectivity index (χ2v) is 11.1. The number of nitrogens with zero attached hydrogens (tertiary/aromatic N) is 3. The van der Waals surface area contributed by atoms with Crippen molar-refractivity contribution < 1.29 is 14.3 Å². The first-order valence-electron chi connectivity index (χ1n) is 12.7. The molecule has 0 fully saturated rings. The zero-order valence-electron chi connectivity index (χ0n) is 22.0. The number of carboxylic acid groups (broad SMARTS) is 1. The highest BCUT2D eigenvalue weighted by Gasteiger charge is 2.36. The summed E-state index contributed by atoms with van der Waals surface area (Å²) in [4.78, 5) is 45.4. The summed E-state index contributed by atoms with van der Waals surface area (Å²) in [5.41, 5.74) is -0.192. The topological polar surface area (TPSA) is 107 Å². The molecule has 0 spiro atoms. The molecular formula is C30H29N3O5S. The van der Waals surface area contributed by atoms with Gasteiger partial charge in [-0.2, -0.15) is 0 Å². The van der Waals surface area contributed by atoms with Crippen molar-refractivity contribution in [1.82, 2.24) is 14.1 Å². The number of fused-ring (bicyclic) bond motifs is 1. The third kappa shape index (κ3) is 4.85. The van der Waals surface area contributed by atoms with Gasteiger partial charge in [-0.3, -0.25) is 9.36 Å². The Kier molecular flexibility index (Phi) is 7.10. The monoisotopic (exact) mass is 543 g/mol. The molecule has 0 saturated heterocycles. The Labute approximate surface area is 228 Å². The molecule has 200 valence electrons. The van der Waals surface area contributed by atoms with Gasteiger partial charge in [0.25, 0.3) is 5.56 Å². The van der Waals surface area contributed by atoms with Crippen LogP contribution in [0.5, 0.6) is 0 Å². The van der Waals surface area contributed by atoms with Crippen LogP contribution < -0.4 is 11.2 Å². The Morgan fingerprint density at radius 1 is 1.08 bits per heavy atom. The van der Waals surface area contributed by atoms with E-state index in [2.05, 4.69) is 17.1 Å².